The number of carbonyl (C=O) groups is 2. The topological polar surface area (TPSA) is 58.6 Å². The third-order valence-electron chi connectivity index (χ3n) is 3.61. The van der Waals surface area contributed by atoms with Crippen molar-refractivity contribution in [2.75, 3.05) is 33.3 Å². The number of nitrogens with zero attached hydrogens (tertiary/aromatic N) is 1. The number of piperidine rings is 1. The second kappa shape index (κ2) is 8.95. The zero-order chi connectivity index (χ0) is 15.0. The predicted molar refractivity (Wildman–Crippen MR) is 78.3 cm³/mol. The van der Waals surface area contributed by atoms with Gasteiger partial charge >= 0.3 is 5.97 Å². The zero-order valence-corrected chi connectivity index (χ0v) is 13.0. The molecule has 1 heterocycles. The van der Waals surface area contributed by atoms with E-state index in [1.54, 1.807) is 0 Å². The summed E-state index contributed by atoms with van der Waals surface area (Å²) in [5.41, 5.74) is 0. The minimum atomic E-state index is -0.258. The molecule has 1 amide bonds. The van der Waals surface area contributed by atoms with Gasteiger partial charge in [-0.1, -0.05) is 13.8 Å². The van der Waals surface area contributed by atoms with Crippen molar-refractivity contribution in [2.45, 2.75) is 39.5 Å². The predicted octanol–water partition coefficient (Wildman–Crippen LogP) is 1.42. The molecule has 0 aromatic heterocycles. The van der Waals surface area contributed by atoms with Gasteiger partial charge in [-0.3, -0.25) is 9.59 Å². The van der Waals surface area contributed by atoms with Crippen molar-refractivity contribution in [2.24, 2.45) is 11.8 Å². The van der Waals surface area contributed by atoms with E-state index in [0.717, 1.165) is 25.9 Å². The van der Waals surface area contributed by atoms with Crippen LogP contribution in [0.25, 0.3) is 0 Å². The van der Waals surface area contributed by atoms with Crippen molar-refractivity contribution in [3.63, 3.8) is 0 Å². The zero-order valence-electron chi connectivity index (χ0n) is 13.0. The van der Waals surface area contributed by atoms with E-state index in [2.05, 4.69) is 23.9 Å². The number of hydrogen-bond acceptors (Lipinski definition) is 4. The minimum absolute atomic E-state index is 0.163. The van der Waals surface area contributed by atoms with Crippen LogP contribution in [0.3, 0.4) is 0 Å². The lowest BCUT2D eigenvalue weighted by Crippen LogP contribution is -2.39. The molecule has 1 atom stereocenters. The molecular formula is C15H28N2O3. The van der Waals surface area contributed by atoms with Crippen LogP contribution in [-0.2, 0) is 14.3 Å². The molecule has 20 heavy (non-hydrogen) atoms. The summed E-state index contributed by atoms with van der Waals surface area (Å²) in [6.07, 6.45) is 3.12. The number of carbonyl (C=O) groups excluding carboxylic acids is 2. The summed E-state index contributed by atoms with van der Waals surface area (Å²) in [6.45, 7) is 7.32. The Labute approximate surface area is 122 Å². The summed E-state index contributed by atoms with van der Waals surface area (Å²) in [7, 11) is 1.38. The minimum Gasteiger partial charge on any atom is -0.469 e. The fourth-order valence-corrected chi connectivity index (χ4v) is 2.56. The van der Waals surface area contributed by atoms with Crippen LogP contribution in [0, 0.1) is 11.8 Å². The molecule has 5 nitrogen and oxygen atoms in total. The van der Waals surface area contributed by atoms with Gasteiger partial charge in [0.15, 0.2) is 0 Å². The Kier molecular flexibility index (Phi) is 7.59. The maximum absolute atomic E-state index is 12.4. The number of rotatable bonds is 7. The summed E-state index contributed by atoms with van der Waals surface area (Å²) < 4.78 is 4.65. The number of ether oxygens (including phenoxy) is 1. The van der Waals surface area contributed by atoms with E-state index < -0.39 is 0 Å². The van der Waals surface area contributed by atoms with E-state index in [1.165, 1.54) is 7.11 Å². The molecule has 0 spiro atoms. The van der Waals surface area contributed by atoms with Crippen molar-refractivity contribution < 1.29 is 14.3 Å². The summed E-state index contributed by atoms with van der Waals surface area (Å²) in [4.78, 5) is 25.5. The highest BCUT2D eigenvalue weighted by Crippen LogP contribution is 2.16. The number of hydrogen-bond donors (Lipinski definition) is 1. The van der Waals surface area contributed by atoms with Gasteiger partial charge in [0.05, 0.1) is 13.5 Å². The standard InChI is InChI=1S/C15H28N2O3/c1-12(2)11-17(8-6-15(19)20-3)14(18)9-13-5-4-7-16-10-13/h12-13,16H,4-11H2,1-3H3. The Morgan fingerprint density at radius 1 is 1.40 bits per heavy atom. The van der Waals surface area contributed by atoms with E-state index in [9.17, 15) is 9.59 Å². The largest absolute Gasteiger partial charge is 0.469 e. The first-order valence-corrected chi connectivity index (χ1v) is 7.58. The second-order valence-corrected chi connectivity index (χ2v) is 5.98. The third kappa shape index (κ3) is 6.37. The monoisotopic (exact) mass is 284 g/mol. The van der Waals surface area contributed by atoms with E-state index in [1.807, 2.05) is 4.90 Å². The van der Waals surface area contributed by atoms with E-state index in [4.69, 9.17) is 0 Å². The highest BCUT2D eigenvalue weighted by atomic mass is 16.5. The van der Waals surface area contributed by atoms with Crippen LogP contribution in [-0.4, -0.2) is 50.1 Å². The first-order valence-electron chi connectivity index (χ1n) is 7.58. The van der Waals surface area contributed by atoms with Crippen molar-refractivity contribution in [3.8, 4) is 0 Å². The Morgan fingerprint density at radius 3 is 2.70 bits per heavy atom. The van der Waals surface area contributed by atoms with Gasteiger partial charge in [0, 0.05) is 19.5 Å². The van der Waals surface area contributed by atoms with Gasteiger partial charge in [0.1, 0.15) is 0 Å². The number of nitrogens with one attached hydrogen (secondary N) is 1. The van der Waals surface area contributed by atoms with Crippen LogP contribution >= 0.6 is 0 Å². The molecule has 1 unspecified atom stereocenters. The SMILES string of the molecule is COC(=O)CCN(CC(C)C)C(=O)CC1CCCNC1. The molecule has 0 radical (unpaired) electrons. The molecule has 1 fully saturated rings. The highest BCUT2D eigenvalue weighted by Gasteiger charge is 2.22. The summed E-state index contributed by atoms with van der Waals surface area (Å²) in [5.74, 6) is 0.743. The molecule has 5 heteroatoms. The van der Waals surface area contributed by atoms with Crippen LogP contribution in [0.15, 0.2) is 0 Å². The lowest BCUT2D eigenvalue weighted by molar-refractivity contribution is -0.142. The van der Waals surface area contributed by atoms with E-state index in [-0.39, 0.29) is 18.3 Å². The van der Waals surface area contributed by atoms with Gasteiger partial charge in [-0.2, -0.15) is 0 Å². The molecule has 1 saturated heterocycles. The fraction of sp³-hybridized carbons (Fsp3) is 0.867. The first-order chi connectivity index (χ1) is 9.52. The molecule has 0 bridgehead atoms. The van der Waals surface area contributed by atoms with Crippen molar-refractivity contribution in [1.29, 1.82) is 0 Å². The third-order valence-corrected chi connectivity index (χ3v) is 3.61. The van der Waals surface area contributed by atoms with Gasteiger partial charge in [0.2, 0.25) is 5.91 Å². The van der Waals surface area contributed by atoms with Crippen LogP contribution in [0.1, 0.15) is 39.5 Å². The van der Waals surface area contributed by atoms with Crippen molar-refractivity contribution in [3.05, 3.63) is 0 Å². The van der Waals surface area contributed by atoms with Crippen molar-refractivity contribution in [1.82, 2.24) is 10.2 Å². The Balaban J connectivity index is 2.47. The quantitative estimate of drug-likeness (QED) is 0.718. The van der Waals surface area contributed by atoms with Gasteiger partial charge in [-0.05, 0) is 37.8 Å². The molecule has 0 aromatic carbocycles. The van der Waals surface area contributed by atoms with Crippen LogP contribution in [0.4, 0.5) is 0 Å². The van der Waals surface area contributed by atoms with Gasteiger partial charge in [0.25, 0.3) is 0 Å². The smallest absolute Gasteiger partial charge is 0.307 e. The van der Waals surface area contributed by atoms with Gasteiger partial charge < -0.3 is 15.0 Å². The molecule has 1 aliphatic rings. The fourth-order valence-electron chi connectivity index (χ4n) is 2.56. The lowest BCUT2D eigenvalue weighted by atomic mass is 9.95. The maximum Gasteiger partial charge on any atom is 0.307 e. The van der Waals surface area contributed by atoms with Crippen LogP contribution in [0.5, 0.6) is 0 Å². The second-order valence-electron chi connectivity index (χ2n) is 5.98. The summed E-state index contributed by atoms with van der Waals surface area (Å²) in [6, 6.07) is 0. The van der Waals surface area contributed by atoms with Gasteiger partial charge in [-0.25, -0.2) is 0 Å². The maximum atomic E-state index is 12.4. The average molecular weight is 284 g/mol. The number of methoxy groups -OCH3 is 1. The summed E-state index contributed by atoms with van der Waals surface area (Å²) in [5, 5.41) is 3.33. The van der Waals surface area contributed by atoms with Crippen LogP contribution < -0.4 is 5.32 Å². The summed E-state index contributed by atoms with van der Waals surface area (Å²) >= 11 is 0. The van der Waals surface area contributed by atoms with Gasteiger partial charge in [-0.15, -0.1) is 0 Å². The number of amides is 1. The Hall–Kier alpha value is -1.10. The lowest BCUT2D eigenvalue weighted by Gasteiger charge is -2.28. The molecule has 1 aliphatic heterocycles. The number of esters is 1. The van der Waals surface area contributed by atoms with E-state index >= 15 is 0 Å². The van der Waals surface area contributed by atoms with E-state index in [0.29, 0.717) is 31.3 Å². The normalized spacial score (nSPS) is 18.9. The molecular weight excluding hydrogens is 256 g/mol. The average Bonchev–Trinajstić information content (AvgIpc) is 2.43. The first kappa shape index (κ1) is 17.0. The molecule has 116 valence electrons. The molecule has 0 saturated carbocycles. The molecule has 0 aliphatic carbocycles. The van der Waals surface area contributed by atoms with Crippen LogP contribution in [0.2, 0.25) is 0 Å². The highest BCUT2D eigenvalue weighted by molar-refractivity contribution is 5.77. The Bertz CT molecular complexity index is 312. The molecule has 1 rings (SSSR count). The molecule has 1 N–H and O–H groups in total. The Morgan fingerprint density at radius 2 is 2.15 bits per heavy atom. The van der Waals surface area contributed by atoms with Crippen molar-refractivity contribution >= 4 is 11.9 Å². The molecule has 0 aromatic rings.